The Kier molecular flexibility index (Phi) is 5.45. The molecule has 0 amide bonds. The van der Waals surface area contributed by atoms with Gasteiger partial charge in [-0.25, -0.2) is 0 Å². The number of ether oxygens (including phenoxy) is 1. The summed E-state index contributed by atoms with van der Waals surface area (Å²) in [5.74, 6) is 1.72. The second-order valence-electron chi connectivity index (χ2n) is 9.51. The molecule has 2 heterocycles. The molecule has 0 radical (unpaired) electrons. The summed E-state index contributed by atoms with van der Waals surface area (Å²) in [7, 11) is 1.79. The number of aryl methyl sites for hydroxylation is 2. The molecule has 2 atom stereocenters. The number of methoxy groups -OCH3 is 1. The molecule has 2 nitrogen and oxygen atoms in total. The number of rotatable bonds is 4. The maximum Gasteiger partial charge on any atom is 0.122 e. The second-order valence-corrected chi connectivity index (χ2v) is 9.51. The molecule has 2 aromatic carbocycles. The first kappa shape index (κ1) is 19.9. The lowest BCUT2D eigenvalue weighted by Gasteiger charge is -2.43. The maximum absolute atomic E-state index is 5.61. The van der Waals surface area contributed by atoms with Crippen LogP contribution in [-0.4, -0.2) is 25.1 Å². The third kappa shape index (κ3) is 3.50. The third-order valence-corrected chi connectivity index (χ3v) is 7.87. The van der Waals surface area contributed by atoms with Gasteiger partial charge >= 0.3 is 0 Å². The highest BCUT2D eigenvalue weighted by atomic mass is 16.5. The number of fused-ring (bicyclic) bond motifs is 4. The van der Waals surface area contributed by atoms with E-state index in [1.54, 1.807) is 34.9 Å². The molecule has 0 spiro atoms. The summed E-state index contributed by atoms with van der Waals surface area (Å²) in [6, 6.07) is 14.5. The molecule has 2 heteroatoms. The zero-order valence-corrected chi connectivity index (χ0v) is 18.8. The van der Waals surface area contributed by atoms with E-state index in [1.165, 1.54) is 69.2 Å². The predicted molar refractivity (Wildman–Crippen MR) is 124 cm³/mol. The Morgan fingerprint density at radius 3 is 2.73 bits per heavy atom. The van der Waals surface area contributed by atoms with E-state index in [1.807, 2.05) is 0 Å². The Bertz CT molecular complexity index is 973. The van der Waals surface area contributed by atoms with Gasteiger partial charge in [0.2, 0.25) is 0 Å². The van der Waals surface area contributed by atoms with E-state index in [-0.39, 0.29) is 0 Å². The molecule has 1 aliphatic carbocycles. The molecule has 158 valence electrons. The van der Waals surface area contributed by atoms with E-state index in [4.69, 9.17) is 4.74 Å². The molecule has 0 bridgehead atoms. The summed E-state index contributed by atoms with van der Waals surface area (Å²) < 4.78 is 5.61. The fourth-order valence-electron chi connectivity index (χ4n) is 6.23. The van der Waals surface area contributed by atoms with Gasteiger partial charge in [0.1, 0.15) is 5.75 Å². The summed E-state index contributed by atoms with van der Waals surface area (Å²) in [5, 5.41) is 0. The zero-order chi connectivity index (χ0) is 20.7. The van der Waals surface area contributed by atoms with E-state index in [0.717, 1.165) is 5.75 Å². The van der Waals surface area contributed by atoms with Gasteiger partial charge < -0.3 is 4.74 Å². The van der Waals surface area contributed by atoms with Gasteiger partial charge in [-0.1, -0.05) is 48.4 Å². The summed E-state index contributed by atoms with van der Waals surface area (Å²) in [5.41, 5.74) is 11.0. The van der Waals surface area contributed by atoms with Crippen LogP contribution in [-0.2, 0) is 12.8 Å². The zero-order valence-electron chi connectivity index (χ0n) is 18.8. The minimum atomic E-state index is 0.584. The van der Waals surface area contributed by atoms with Gasteiger partial charge in [-0.15, -0.1) is 0 Å². The van der Waals surface area contributed by atoms with Crippen molar-refractivity contribution in [1.82, 2.24) is 4.90 Å². The van der Waals surface area contributed by atoms with Crippen molar-refractivity contribution in [3.8, 4) is 5.75 Å². The van der Waals surface area contributed by atoms with Gasteiger partial charge in [0.15, 0.2) is 0 Å². The van der Waals surface area contributed by atoms with Gasteiger partial charge in [0.25, 0.3) is 0 Å². The monoisotopic (exact) mass is 401 g/mol. The third-order valence-electron chi connectivity index (χ3n) is 7.87. The van der Waals surface area contributed by atoms with Gasteiger partial charge in [0, 0.05) is 19.1 Å². The van der Waals surface area contributed by atoms with Crippen LogP contribution in [0.25, 0.3) is 0 Å². The summed E-state index contributed by atoms with van der Waals surface area (Å²) in [6.07, 6.45) is 8.69. The molecule has 0 N–H and O–H groups in total. The molecule has 0 aromatic heterocycles. The summed E-state index contributed by atoms with van der Waals surface area (Å²) in [4.78, 5) is 2.74. The molecule has 2 aliphatic heterocycles. The Morgan fingerprint density at radius 1 is 1.03 bits per heavy atom. The van der Waals surface area contributed by atoms with E-state index >= 15 is 0 Å². The summed E-state index contributed by atoms with van der Waals surface area (Å²) in [6.45, 7) is 6.94. The second kappa shape index (κ2) is 8.23. The maximum atomic E-state index is 5.61. The van der Waals surface area contributed by atoms with Gasteiger partial charge in [-0.05, 0) is 91.7 Å². The molecule has 0 saturated carbocycles. The van der Waals surface area contributed by atoms with Crippen LogP contribution >= 0.6 is 0 Å². The van der Waals surface area contributed by atoms with E-state index < -0.39 is 0 Å². The first-order valence-corrected chi connectivity index (χ1v) is 11.9. The van der Waals surface area contributed by atoms with Crippen LogP contribution in [0.15, 0.2) is 47.5 Å². The molecular formula is C28H35NO. The minimum Gasteiger partial charge on any atom is -0.496 e. The van der Waals surface area contributed by atoms with Crippen molar-refractivity contribution in [3.63, 3.8) is 0 Å². The van der Waals surface area contributed by atoms with Crippen molar-refractivity contribution in [3.05, 3.63) is 75.4 Å². The lowest BCUT2D eigenvalue weighted by molar-refractivity contribution is 0.182. The van der Waals surface area contributed by atoms with Crippen LogP contribution in [0.5, 0.6) is 5.75 Å². The largest absolute Gasteiger partial charge is 0.496 e. The number of hydrogen-bond acceptors (Lipinski definition) is 2. The quantitative estimate of drug-likeness (QED) is 0.541. The van der Waals surface area contributed by atoms with Crippen LogP contribution in [0.4, 0.5) is 0 Å². The van der Waals surface area contributed by atoms with Crippen molar-refractivity contribution in [2.75, 3.05) is 20.2 Å². The molecular weight excluding hydrogens is 366 g/mol. The summed E-state index contributed by atoms with van der Waals surface area (Å²) >= 11 is 0. The smallest absolute Gasteiger partial charge is 0.122 e. The first-order chi connectivity index (χ1) is 14.7. The van der Waals surface area contributed by atoms with Crippen LogP contribution in [0.2, 0.25) is 0 Å². The van der Waals surface area contributed by atoms with Crippen LogP contribution in [0.3, 0.4) is 0 Å². The lowest BCUT2D eigenvalue weighted by atomic mass is 9.75. The lowest BCUT2D eigenvalue weighted by Crippen LogP contribution is -2.40. The van der Waals surface area contributed by atoms with Crippen molar-refractivity contribution in [2.24, 2.45) is 0 Å². The topological polar surface area (TPSA) is 12.5 Å². The fraction of sp³-hybridized carbons (Fsp3) is 0.500. The van der Waals surface area contributed by atoms with E-state index in [9.17, 15) is 0 Å². The molecule has 30 heavy (non-hydrogen) atoms. The molecule has 2 unspecified atom stereocenters. The van der Waals surface area contributed by atoms with Crippen molar-refractivity contribution in [1.29, 1.82) is 0 Å². The van der Waals surface area contributed by atoms with Crippen LogP contribution < -0.4 is 4.74 Å². The Morgan fingerprint density at radius 2 is 1.90 bits per heavy atom. The molecule has 0 fully saturated rings. The minimum absolute atomic E-state index is 0.584. The van der Waals surface area contributed by atoms with Crippen LogP contribution in [0.1, 0.15) is 78.8 Å². The van der Waals surface area contributed by atoms with Crippen molar-refractivity contribution >= 4 is 0 Å². The first-order valence-electron chi connectivity index (χ1n) is 11.9. The van der Waals surface area contributed by atoms with Gasteiger partial charge in [0.05, 0.1) is 7.11 Å². The fourth-order valence-corrected chi connectivity index (χ4v) is 6.23. The molecule has 0 saturated heterocycles. The van der Waals surface area contributed by atoms with E-state index in [0.29, 0.717) is 12.0 Å². The average Bonchev–Trinajstić information content (AvgIpc) is 2.78. The standard InChI is InChI=1S/C28H35NO/c1-4-20-18-29-13-12-21-8-5-6-11-25(21)27(29)16-24(20)15-22-9-7-10-23-17-28(30-3)19(2)14-26(22)23/h5-6,8,11,14,17,22,27H,4,7,9-10,12-13,15-16,18H2,1-3H3. The number of benzene rings is 2. The highest BCUT2D eigenvalue weighted by molar-refractivity contribution is 5.45. The predicted octanol–water partition coefficient (Wildman–Crippen LogP) is 6.52. The van der Waals surface area contributed by atoms with Gasteiger partial charge in [-0.3, -0.25) is 4.90 Å². The molecule has 3 aliphatic rings. The highest BCUT2D eigenvalue weighted by Crippen LogP contribution is 2.45. The van der Waals surface area contributed by atoms with Crippen LogP contribution in [0, 0.1) is 6.92 Å². The van der Waals surface area contributed by atoms with E-state index in [2.05, 4.69) is 55.1 Å². The van der Waals surface area contributed by atoms with Crippen molar-refractivity contribution < 1.29 is 4.74 Å². The average molecular weight is 402 g/mol. The van der Waals surface area contributed by atoms with Gasteiger partial charge in [-0.2, -0.15) is 0 Å². The molecule has 5 rings (SSSR count). The molecule has 2 aromatic rings. The number of hydrogen-bond donors (Lipinski definition) is 0. The number of nitrogens with zero attached hydrogens (tertiary/aromatic N) is 1. The SMILES string of the molecule is CCC1=C(CC2CCCc3cc(OC)c(C)cc32)CC2c3ccccc3CCN2C1. The van der Waals surface area contributed by atoms with Crippen molar-refractivity contribution in [2.45, 2.75) is 70.8 Å². The Labute approximate surface area is 181 Å². The normalized spacial score (nSPS) is 23.6. The Balaban J connectivity index is 1.45. The highest BCUT2D eigenvalue weighted by Gasteiger charge is 2.34. The Hall–Kier alpha value is -2.06.